The van der Waals surface area contributed by atoms with Gasteiger partial charge < -0.3 is 10.0 Å². The third-order valence-corrected chi connectivity index (χ3v) is 4.24. The Balaban J connectivity index is 3.11. The Morgan fingerprint density at radius 2 is 2.00 bits per heavy atom. The van der Waals surface area contributed by atoms with Crippen LogP contribution in [0.25, 0.3) is 0 Å². The first kappa shape index (κ1) is 16.0. The van der Waals surface area contributed by atoms with E-state index in [2.05, 4.69) is 6.58 Å². The molecule has 0 fully saturated rings. The predicted molar refractivity (Wildman–Crippen MR) is 78.4 cm³/mol. The first-order valence-electron chi connectivity index (χ1n) is 6.64. The number of hydrogen-bond donors (Lipinski definition) is 1. The molecule has 1 heterocycles. The van der Waals surface area contributed by atoms with Gasteiger partial charge in [-0.05, 0) is 38.0 Å². The lowest BCUT2D eigenvalue weighted by Crippen LogP contribution is -2.43. The lowest BCUT2D eigenvalue weighted by Gasteiger charge is -2.40. The van der Waals surface area contributed by atoms with Crippen LogP contribution in [0.1, 0.15) is 41.0 Å². The molecule has 1 atom stereocenters. The molecule has 0 aromatic carbocycles. The zero-order chi connectivity index (χ0) is 15.0. The van der Waals surface area contributed by atoms with Crippen LogP contribution in [-0.4, -0.2) is 29.2 Å². The summed E-state index contributed by atoms with van der Waals surface area (Å²) in [4.78, 5) is 2.05. The summed E-state index contributed by atoms with van der Waals surface area (Å²) >= 11 is 0. The Labute approximate surface area is 116 Å². The van der Waals surface area contributed by atoms with Crippen molar-refractivity contribution in [3.05, 3.63) is 35.3 Å². The first-order valence-corrected chi connectivity index (χ1v) is 6.64. The third kappa shape index (κ3) is 2.76. The number of hydrogen-bond acceptors (Lipinski definition) is 2. The Morgan fingerprint density at radius 1 is 1.47 bits per heavy atom. The molecule has 0 aromatic heterocycles. The Hall–Kier alpha value is -1.09. The van der Waals surface area contributed by atoms with Gasteiger partial charge in [0.1, 0.15) is 5.83 Å². The number of allylic oxidation sites excluding steroid dienone is 1. The molecule has 0 unspecified atom stereocenters. The highest BCUT2D eigenvalue weighted by molar-refractivity contribution is 5.42. The molecule has 0 saturated heterocycles. The van der Waals surface area contributed by atoms with E-state index in [0.717, 1.165) is 11.3 Å². The highest BCUT2D eigenvalue weighted by Crippen LogP contribution is 2.45. The van der Waals surface area contributed by atoms with Gasteiger partial charge in [0.2, 0.25) is 0 Å². The molecular weight excluding hydrogens is 241 g/mol. The highest BCUT2D eigenvalue weighted by atomic mass is 19.1. The second-order valence-electron chi connectivity index (χ2n) is 6.51. The van der Waals surface area contributed by atoms with Crippen molar-refractivity contribution in [2.45, 2.75) is 46.6 Å². The molecular formula is C16H26FNO. The van der Waals surface area contributed by atoms with Crippen LogP contribution >= 0.6 is 0 Å². The van der Waals surface area contributed by atoms with Crippen LogP contribution in [0.3, 0.4) is 0 Å². The molecule has 0 radical (unpaired) electrons. The summed E-state index contributed by atoms with van der Waals surface area (Å²) in [6.07, 6.45) is 2.29. The van der Waals surface area contributed by atoms with Crippen molar-refractivity contribution in [1.29, 1.82) is 0 Å². The van der Waals surface area contributed by atoms with Gasteiger partial charge in [0.05, 0.1) is 12.1 Å². The van der Waals surface area contributed by atoms with E-state index in [0.29, 0.717) is 12.0 Å². The first-order chi connectivity index (χ1) is 8.56. The maximum Gasteiger partial charge on any atom is 0.101 e. The summed E-state index contributed by atoms with van der Waals surface area (Å²) in [7, 11) is 1.94. The lowest BCUT2D eigenvalue weighted by molar-refractivity contribution is 0.132. The van der Waals surface area contributed by atoms with Crippen molar-refractivity contribution in [3.63, 3.8) is 0 Å². The fourth-order valence-electron chi connectivity index (χ4n) is 2.34. The van der Waals surface area contributed by atoms with Crippen molar-refractivity contribution in [2.75, 3.05) is 13.7 Å². The van der Waals surface area contributed by atoms with Gasteiger partial charge in [0.25, 0.3) is 0 Å². The molecule has 3 heteroatoms. The van der Waals surface area contributed by atoms with Crippen molar-refractivity contribution in [3.8, 4) is 0 Å². The molecule has 2 nitrogen and oxygen atoms in total. The van der Waals surface area contributed by atoms with Crippen LogP contribution in [0.5, 0.6) is 0 Å². The minimum atomic E-state index is -0.455. The van der Waals surface area contributed by atoms with E-state index in [-0.39, 0.29) is 17.8 Å². The number of aliphatic hydroxyl groups is 1. The summed E-state index contributed by atoms with van der Waals surface area (Å²) < 4.78 is 14.0. The van der Waals surface area contributed by atoms with Crippen LogP contribution in [0.15, 0.2) is 35.3 Å². The summed E-state index contributed by atoms with van der Waals surface area (Å²) in [6, 6.07) is 0. The number of likely N-dealkylation sites (N-methyl/N-ethyl adjacent to an activating group) is 1. The van der Waals surface area contributed by atoms with Gasteiger partial charge in [0, 0.05) is 24.6 Å². The molecule has 108 valence electrons. The molecule has 19 heavy (non-hydrogen) atoms. The van der Waals surface area contributed by atoms with E-state index < -0.39 is 5.54 Å². The highest BCUT2D eigenvalue weighted by Gasteiger charge is 2.43. The number of nitrogens with zero attached hydrogens (tertiary/aromatic N) is 1. The van der Waals surface area contributed by atoms with E-state index in [1.54, 1.807) is 13.8 Å². The fraction of sp³-hybridized carbons (Fsp3) is 0.625. The molecule has 1 N–H and O–H groups in total. The van der Waals surface area contributed by atoms with Gasteiger partial charge in [-0.25, -0.2) is 4.39 Å². The molecule has 0 saturated carbocycles. The second kappa shape index (κ2) is 5.12. The molecule has 0 aliphatic carbocycles. The van der Waals surface area contributed by atoms with E-state index in [1.807, 2.05) is 38.8 Å². The Kier molecular flexibility index (Phi) is 4.30. The monoisotopic (exact) mass is 267 g/mol. The van der Waals surface area contributed by atoms with Crippen LogP contribution in [-0.2, 0) is 0 Å². The van der Waals surface area contributed by atoms with E-state index in [1.165, 1.54) is 0 Å². The largest absolute Gasteiger partial charge is 0.395 e. The average molecular weight is 267 g/mol. The van der Waals surface area contributed by atoms with Gasteiger partial charge in [0.15, 0.2) is 0 Å². The third-order valence-electron chi connectivity index (χ3n) is 4.24. The molecule has 1 aliphatic rings. The minimum Gasteiger partial charge on any atom is -0.395 e. The zero-order valence-electron chi connectivity index (χ0n) is 13.0. The Morgan fingerprint density at radius 3 is 2.42 bits per heavy atom. The lowest BCUT2D eigenvalue weighted by atomic mass is 9.88. The number of halogens is 1. The predicted octanol–water partition coefficient (Wildman–Crippen LogP) is 3.80. The summed E-state index contributed by atoms with van der Waals surface area (Å²) in [6.45, 7) is 13.6. The van der Waals surface area contributed by atoms with E-state index in [4.69, 9.17) is 0 Å². The van der Waals surface area contributed by atoms with Gasteiger partial charge in [-0.3, -0.25) is 0 Å². The van der Waals surface area contributed by atoms with Crippen LogP contribution in [0.4, 0.5) is 4.39 Å². The summed E-state index contributed by atoms with van der Waals surface area (Å²) in [5, 5.41) is 9.52. The zero-order valence-corrected chi connectivity index (χ0v) is 13.0. The van der Waals surface area contributed by atoms with Gasteiger partial charge in [-0.15, -0.1) is 0 Å². The quantitative estimate of drug-likeness (QED) is 0.837. The van der Waals surface area contributed by atoms with Gasteiger partial charge >= 0.3 is 0 Å². The smallest absolute Gasteiger partial charge is 0.101 e. The van der Waals surface area contributed by atoms with Crippen molar-refractivity contribution in [2.24, 2.45) is 5.41 Å². The maximum atomic E-state index is 14.0. The summed E-state index contributed by atoms with van der Waals surface area (Å²) in [5.41, 5.74) is 1.80. The standard InChI is InChI=1S/C16H26FNO/c1-11(2)13(17)9-16(6)12(3)8-14(18(16)7)15(4,5)10-19/h8,19H,3,9-10H2,1-2,4-7H3/t16-/m0/s1. The van der Waals surface area contributed by atoms with E-state index in [9.17, 15) is 9.50 Å². The molecule has 0 spiro atoms. The second-order valence-corrected chi connectivity index (χ2v) is 6.51. The number of aliphatic hydroxyl groups excluding tert-OH is 1. The maximum absolute atomic E-state index is 14.0. The average Bonchev–Trinajstić information content (AvgIpc) is 2.54. The normalized spacial score (nSPS) is 23.7. The number of rotatable bonds is 4. The fourth-order valence-corrected chi connectivity index (χ4v) is 2.34. The van der Waals surface area contributed by atoms with Gasteiger partial charge in [-0.2, -0.15) is 0 Å². The Bertz CT molecular complexity index is 444. The SMILES string of the molecule is C=C1C=C(C(C)(C)CO)N(C)[C@@]1(C)CC(F)=C(C)C. The van der Waals surface area contributed by atoms with Crippen molar-refractivity contribution >= 4 is 0 Å². The molecule has 1 aliphatic heterocycles. The van der Waals surface area contributed by atoms with Gasteiger partial charge in [-0.1, -0.05) is 20.4 Å². The molecule has 0 bridgehead atoms. The minimum absolute atomic E-state index is 0.0532. The van der Waals surface area contributed by atoms with Crippen molar-refractivity contribution < 1.29 is 9.50 Å². The summed E-state index contributed by atoms with van der Waals surface area (Å²) in [5.74, 6) is -0.0908. The van der Waals surface area contributed by atoms with Crippen LogP contribution in [0, 0.1) is 5.41 Å². The topological polar surface area (TPSA) is 23.5 Å². The van der Waals surface area contributed by atoms with Crippen molar-refractivity contribution in [1.82, 2.24) is 4.90 Å². The van der Waals surface area contributed by atoms with E-state index >= 15 is 0 Å². The molecule has 0 amide bonds. The molecule has 1 rings (SSSR count). The van der Waals surface area contributed by atoms with Crippen LogP contribution in [0.2, 0.25) is 0 Å². The molecule has 0 aromatic rings. The van der Waals surface area contributed by atoms with Crippen LogP contribution < -0.4 is 0 Å².